The number of carbonyl (C=O) groups excluding carboxylic acids is 1. The van der Waals surface area contributed by atoms with Gasteiger partial charge in [0.2, 0.25) is 0 Å². The average molecular weight is 318 g/mol. The Morgan fingerprint density at radius 2 is 2.09 bits per heavy atom. The predicted molar refractivity (Wildman–Crippen MR) is 89.1 cm³/mol. The number of hydrogen-bond donors (Lipinski definition) is 2. The molecule has 2 heterocycles. The topological polar surface area (TPSA) is 76.8 Å². The van der Waals surface area contributed by atoms with E-state index in [2.05, 4.69) is 33.7 Å². The van der Waals surface area contributed by atoms with Crippen molar-refractivity contribution in [2.24, 2.45) is 5.92 Å². The minimum absolute atomic E-state index is 0.0375. The Labute approximate surface area is 137 Å². The largest absolute Gasteiger partial charge is 0.338 e. The Hall–Kier alpha value is -2.31. The molecule has 0 aliphatic carbocycles. The fourth-order valence-electron chi connectivity index (χ4n) is 2.52. The molecule has 2 aromatic rings. The van der Waals surface area contributed by atoms with Crippen LogP contribution < -0.4 is 10.6 Å². The second kappa shape index (κ2) is 7.80. The van der Waals surface area contributed by atoms with E-state index in [0.717, 1.165) is 17.9 Å². The molecule has 0 aromatic carbocycles. The van der Waals surface area contributed by atoms with Gasteiger partial charge in [-0.15, -0.1) is 0 Å². The number of nitrogens with zero attached hydrogens (tertiary/aromatic N) is 4. The molecule has 2 N–H and O–H groups in total. The number of amides is 2. The smallest absolute Gasteiger partial charge is 0.315 e. The van der Waals surface area contributed by atoms with Gasteiger partial charge in [0.05, 0.1) is 12.0 Å². The molecule has 23 heavy (non-hydrogen) atoms. The molecule has 0 aliphatic rings. The quantitative estimate of drug-likeness (QED) is 0.816. The Balaban J connectivity index is 1.70. The zero-order valence-electron chi connectivity index (χ0n) is 14.3. The number of rotatable bonds is 7. The summed E-state index contributed by atoms with van der Waals surface area (Å²) in [5.41, 5.74) is 2.17. The van der Waals surface area contributed by atoms with Crippen molar-refractivity contribution in [2.45, 2.75) is 46.8 Å². The first-order chi connectivity index (χ1) is 10.9. The van der Waals surface area contributed by atoms with Gasteiger partial charge in [-0.25, -0.2) is 9.78 Å². The molecule has 0 unspecified atom stereocenters. The van der Waals surface area contributed by atoms with Crippen LogP contribution >= 0.6 is 0 Å². The van der Waals surface area contributed by atoms with Crippen molar-refractivity contribution in [1.29, 1.82) is 0 Å². The minimum atomic E-state index is -0.141. The third-order valence-corrected chi connectivity index (χ3v) is 3.62. The fourth-order valence-corrected chi connectivity index (χ4v) is 2.52. The van der Waals surface area contributed by atoms with Crippen LogP contribution in [0.5, 0.6) is 0 Å². The Morgan fingerprint density at radius 3 is 2.70 bits per heavy atom. The van der Waals surface area contributed by atoms with Gasteiger partial charge in [-0.2, -0.15) is 5.10 Å². The molecule has 2 rings (SSSR count). The Bertz CT molecular complexity index is 619. The van der Waals surface area contributed by atoms with Crippen LogP contribution in [0.15, 0.2) is 24.8 Å². The number of carbonyl (C=O) groups is 1. The van der Waals surface area contributed by atoms with Crippen LogP contribution in [0.25, 0.3) is 0 Å². The van der Waals surface area contributed by atoms with Gasteiger partial charge in [0.15, 0.2) is 0 Å². The van der Waals surface area contributed by atoms with Crippen molar-refractivity contribution in [3.63, 3.8) is 0 Å². The highest BCUT2D eigenvalue weighted by molar-refractivity contribution is 5.74. The molecule has 0 saturated carbocycles. The highest BCUT2D eigenvalue weighted by atomic mass is 16.2. The van der Waals surface area contributed by atoms with Gasteiger partial charge in [-0.1, -0.05) is 6.92 Å². The average Bonchev–Trinajstić information content (AvgIpc) is 3.07. The second-order valence-corrected chi connectivity index (χ2v) is 6.23. The lowest BCUT2D eigenvalue weighted by molar-refractivity contribution is 0.234. The van der Waals surface area contributed by atoms with Crippen molar-refractivity contribution in [3.8, 4) is 0 Å². The van der Waals surface area contributed by atoms with E-state index < -0.39 is 0 Å². The van der Waals surface area contributed by atoms with Gasteiger partial charge in [-0.3, -0.25) is 4.68 Å². The highest BCUT2D eigenvalue weighted by Crippen LogP contribution is 2.05. The SMILES string of the molecule is Cc1cc(C)n(C[C@@H](C)CNC(=O)N[C@@H](C)Cn2ccnc2)n1. The van der Waals surface area contributed by atoms with Crippen LogP contribution in [0.2, 0.25) is 0 Å². The number of aryl methyl sites for hydroxylation is 2. The minimum Gasteiger partial charge on any atom is -0.338 e. The lowest BCUT2D eigenvalue weighted by atomic mass is 10.2. The molecule has 0 fully saturated rings. The van der Waals surface area contributed by atoms with Crippen LogP contribution in [0, 0.1) is 19.8 Å². The van der Waals surface area contributed by atoms with Crippen LogP contribution in [-0.2, 0) is 13.1 Å². The van der Waals surface area contributed by atoms with Crippen molar-refractivity contribution in [2.75, 3.05) is 6.54 Å². The predicted octanol–water partition coefficient (Wildman–Crippen LogP) is 1.72. The summed E-state index contributed by atoms with van der Waals surface area (Å²) in [5.74, 6) is 0.308. The molecule has 7 heteroatoms. The third kappa shape index (κ3) is 5.43. The summed E-state index contributed by atoms with van der Waals surface area (Å²) >= 11 is 0. The molecule has 0 aliphatic heterocycles. The third-order valence-electron chi connectivity index (χ3n) is 3.62. The zero-order chi connectivity index (χ0) is 16.8. The van der Waals surface area contributed by atoms with Gasteiger partial charge in [0.25, 0.3) is 0 Å². The van der Waals surface area contributed by atoms with E-state index >= 15 is 0 Å². The van der Waals surface area contributed by atoms with Crippen molar-refractivity contribution < 1.29 is 4.79 Å². The fraction of sp³-hybridized carbons (Fsp3) is 0.562. The molecule has 2 aromatic heterocycles. The highest BCUT2D eigenvalue weighted by Gasteiger charge is 2.11. The molecule has 0 radical (unpaired) electrons. The molecule has 0 saturated heterocycles. The van der Waals surface area contributed by atoms with E-state index in [1.165, 1.54) is 0 Å². The van der Waals surface area contributed by atoms with E-state index in [1.807, 2.05) is 36.2 Å². The van der Waals surface area contributed by atoms with Gasteiger partial charge >= 0.3 is 6.03 Å². The molecular weight excluding hydrogens is 292 g/mol. The maximum Gasteiger partial charge on any atom is 0.315 e. The first-order valence-corrected chi connectivity index (χ1v) is 7.95. The van der Waals surface area contributed by atoms with Crippen LogP contribution in [0.3, 0.4) is 0 Å². The van der Waals surface area contributed by atoms with Crippen molar-refractivity contribution in [1.82, 2.24) is 30.0 Å². The summed E-state index contributed by atoms with van der Waals surface area (Å²) < 4.78 is 3.93. The molecule has 2 amide bonds. The maximum absolute atomic E-state index is 11.9. The number of imidazole rings is 1. The Morgan fingerprint density at radius 1 is 1.30 bits per heavy atom. The van der Waals surface area contributed by atoms with Crippen molar-refractivity contribution >= 4 is 6.03 Å². The number of urea groups is 1. The van der Waals surface area contributed by atoms with Crippen LogP contribution in [0.4, 0.5) is 4.79 Å². The van der Waals surface area contributed by atoms with E-state index in [-0.39, 0.29) is 12.1 Å². The lowest BCUT2D eigenvalue weighted by Crippen LogP contribution is -2.44. The van der Waals surface area contributed by atoms with E-state index in [4.69, 9.17) is 0 Å². The van der Waals surface area contributed by atoms with E-state index in [1.54, 1.807) is 12.5 Å². The summed E-state index contributed by atoms with van der Waals surface area (Å²) in [6.07, 6.45) is 5.35. The summed E-state index contributed by atoms with van der Waals surface area (Å²) in [7, 11) is 0. The summed E-state index contributed by atoms with van der Waals surface area (Å²) in [6.45, 7) is 10.2. The second-order valence-electron chi connectivity index (χ2n) is 6.23. The van der Waals surface area contributed by atoms with Crippen LogP contribution in [-0.4, -0.2) is 37.9 Å². The molecule has 2 atom stereocenters. The molecule has 7 nitrogen and oxygen atoms in total. The van der Waals surface area contributed by atoms with Gasteiger partial charge in [0.1, 0.15) is 0 Å². The summed E-state index contributed by atoms with van der Waals surface area (Å²) in [6, 6.07) is 1.96. The molecule has 0 spiro atoms. The molecular formula is C16H26N6O. The monoisotopic (exact) mass is 318 g/mol. The van der Waals surface area contributed by atoms with Gasteiger partial charge in [-0.05, 0) is 32.8 Å². The lowest BCUT2D eigenvalue weighted by Gasteiger charge is -2.17. The van der Waals surface area contributed by atoms with Gasteiger partial charge < -0.3 is 15.2 Å². The maximum atomic E-state index is 11.9. The molecule has 0 bridgehead atoms. The number of aromatic nitrogens is 4. The standard InChI is InChI=1S/C16H26N6O/c1-12(9-22-15(4)7-13(2)20-22)8-18-16(23)19-14(3)10-21-6-5-17-11-21/h5-7,11-12,14H,8-10H2,1-4H3,(H2,18,19,23)/t12-,14-/m0/s1. The summed E-state index contributed by atoms with van der Waals surface area (Å²) in [4.78, 5) is 15.9. The normalized spacial score (nSPS) is 13.6. The van der Waals surface area contributed by atoms with Crippen molar-refractivity contribution in [3.05, 3.63) is 36.2 Å². The Kier molecular flexibility index (Phi) is 5.78. The van der Waals surface area contributed by atoms with Gasteiger partial charge in [0, 0.05) is 43.8 Å². The van der Waals surface area contributed by atoms with E-state index in [9.17, 15) is 4.79 Å². The van der Waals surface area contributed by atoms with E-state index in [0.29, 0.717) is 19.0 Å². The number of nitrogens with one attached hydrogen (secondary N) is 2. The first-order valence-electron chi connectivity index (χ1n) is 7.95. The zero-order valence-corrected chi connectivity index (χ0v) is 14.3. The summed E-state index contributed by atoms with van der Waals surface area (Å²) in [5, 5.41) is 10.3. The van der Waals surface area contributed by atoms with Crippen LogP contribution in [0.1, 0.15) is 25.2 Å². The number of hydrogen-bond acceptors (Lipinski definition) is 3. The first kappa shape index (κ1) is 17.1. The molecule has 126 valence electrons.